The molecule has 0 radical (unpaired) electrons. The van der Waals surface area contributed by atoms with Gasteiger partial charge < -0.3 is 5.32 Å². The molecule has 0 aromatic carbocycles. The van der Waals surface area contributed by atoms with Crippen LogP contribution in [0.25, 0.3) is 0 Å². The van der Waals surface area contributed by atoms with Gasteiger partial charge in [0.05, 0.1) is 10.6 Å². The summed E-state index contributed by atoms with van der Waals surface area (Å²) in [7, 11) is 2.02. The molecule has 0 fully saturated rings. The summed E-state index contributed by atoms with van der Waals surface area (Å²) in [5.74, 6) is 0. The van der Waals surface area contributed by atoms with Gasteiger partial charge in [0.2, 0.25) is 0 Å². The minimum atomic E-state index is 0.381. The van der Waals surface area contributed by atoms with Crippen LogP contribution in [0.3, 0.4) is 0 Å². The first-order valence-electron chi connectivity index (χ1n) is 6.34. The van der Waals surface area contributed by atoms with E-state index in [4.69, 9.17) is 0 Å². The number of aryl methyl sites for hydroxylation is 2. The third-order valence-electron chi connectivity index (χ3n) is 3.04. The van der Waals surface area contributed by atoms with E-state index in [1.165, 1.54) is 27.7 Å². The summed E-state index contributed by atoms with van der Waals surface area (Å²) in [5.41, 5.74) is 2.60. The Morgan fingerprint density at radius 2 is 2.28 bits per heavy atom. The monoisotopic (exact) mass is 281 g/mol. The van der Waals surface area contributed by atoms with E-state index in [0.717, 1.165) is 25.7 Å². The van der Waals surface area contributed by atoms with Crippen LogP contribution in [-0.4, -0.2) is 16.6 Å². The van der Waals surface area contributed by atoms with Crippen LogP contribution in [0.1, 0.15) is 41.9 Å². The number of thiophene rings is 1. The van der Waals surface area contributed by atoms with Crippen molar-refractivity contribution in [3.8, 4) is 0 Å². The fourth-order valence-corrected chi connectivity index (χ4v) is 3.58. The van der Waals surface area contributed by atoms with Gasteiger partial charge in [0.15, 0.2) is 0 Å². The van der Waals surface area contributed by atoms with Crippen LogP contribution in [0.5, 0.6) is 0 Å². The minimum Gasteiger partial charge on any atom is -0.312 e. The minimum absolute atomic E-state index is 0.381. The van der Waals surface area contributed by atoms with Crippen molar-refractivity contribution in [2.24, 2.45) is 0 Å². The van der Waals surface area contributed by atoms with E-state index in [1.54, 1.807) is 11.3 Å². The number of aromatic nitrogens is 2. The molecule has 1 N–H and O–H groups in total. The van der Waals surface area contributed by atoms with Gasteiger partial charge >= 0.3 is 0 Å². The number of nitrogens with zero attached hydrogens (tertiary/aromatic N) is 2. The third kappa shape index (κ3) is 3.37. The molecule has 1 atom stereocenters. The Labute approximate surface area is 116 Å². The lowest BCUT2D eigenvalue weighted by atomic mass is 10.0. The topological polar surface area (TPSA) is 37.8 Å². The lowest BCUT2D eigenvalue weighted by Crippen LogP contribution is -2.17. The van der Waals surface area contributed by atoms with Crippen molar-refractivity contribution in [1.82, 2.24) is 14.9 Å². The van der Waals surface area contributed by atoms with Crippen molar-refractivity contribution in [1.29, 1.82) is 0 Å². The van der Waals surface area contributed by atoms with Crippen molar-refractivity contribution in [3.05, 3.63) is 33.0 Å². The fraction of sp³-hybridized carbons (Fsp3) is 0.538. The van der Waals surface area contributed by atoms with E-state index in [9.17, 15) is 0 Å². The standard InChI is InChI=1S/C13H19N3S2/c1-3-4-12-13(18-16-15-12)11(14-2)6-5-10-7-8-17-9-10/h7-9,11,14H,3-6H2,1-2H3. The Kier molecular flexibility index (Phi) is 5.28. The molecule has 98 valence electrons. The number of nitrogens with one attached hydrogen (secondary N) is 1. The number of hydrogen-bond donors (Lipinski definition) is 1. The largest absolute Gasteiger partial charge is 0.312 e. The van der Waals surface area contributed by atoms with Gasteiger partial charge in [0.1, 0.15) is 0 Å². The van der Waals surface area contributed by atoms with E-state index in [0.29, 0.717) is 6.04 Å². The Bertz CT molecular complexity index is 451. The highest BCUT2D eigenvalue weighted by Gasteiger charge is 2.17. The van der Waals surface area contributed by atoms with Gasteiger partial charge in [-0.1, -0.05) is 17.8 Å². The smallest absolute Gasteiger partial charge is 0.0803 e. The molecule has 18 heavy (non-hydrogen) atoms. The Balaban J connectivity index is 2.01. The zero-order valence-corrected chi connectivity index (χ0v) is 12.5. The van der Waals surface area contributed by atoms with E-state index < -0.39 is 0 Å². The maximum absolute atomic E-state index is 4.25. The van der Waals surface area contributed by atoms with E-state index >= 15 is 0 Å². The molecule has 0 aliphatic heterocycles. The molecule has 1 unspecified atom stereocenters. The number of hydrogen-bond acceptors (Lipinski definition) is 5. The molecular formula is C13H19N3S2. The average Bonchev–Trinajstić information content (AvgIpc) is 3.02. The van der Waals surface area contributed by atoms with E-state index in [-0.39, 0.29) is 0 Å². The zero-order chi connectivity index (χ0) is 12.8. The molecule has 0 spiro atoms. The Morgan fingerprint density at radius 3 is 2.94 bits per heavy atom. The maximum atomic E-state index is 4.25. The quantitative estimate of drug-likeness (QED) is 0.844. The summed E-state index contributed by atoms with van der Waals surface area (Å²) in [4.78, 5) is 1.31. The Morgan fingerprint density at radius 1 is 1.39 bits per heavy atom. The van der Waals surface area contributed by atoms with E-state index in [2.05, 4.69) is 38.7 Å². The summed E-state index contributed by atoms with van der Waals surface area (Å²) in [6.45, 7) is 2.18. The molecule has 5 heteroatoms. The van der Waals surface area contributed by atoms with Gasteiger partial charge in [-0.25, -0.2) is 0 Å². The highest BCUT2D eigenvalue weighted by molar-refractivity contribution is 7.08. The SMILES string of the molecule is CCCc1nnsc1C(CCc1ccsc1)NC. The van der Waals surface area contributed by atoms with Crippen molar-refractivity contribution in [2.75, 3.05) is 7.05 Å². The highest BCUT2D eigenvalue weighted by atomic mass is 32.1. The molecule has 0 bridgehead atoms. The normalized spacial score (nSPS) is 12.8. The van der Waals surface area contributed by atoms with Crippen LogP contribution in [0, 0.1) is 0 Å². The first kappa shape index (κ1) is 13.6. The van der Waals surface area contributed by atoms with Crippen molar-refractivity contribution in [2.45, 2.75) is 38.6 Å². The van der Waals surface area contributed by atoms with Gasteiger partial charge in [-0.2, -0.15) is 11.3 Å². The second-order valence-electron chi connectivity index (χ2n) is 4.35. The molecule has 2 aromatic heterocycles. The van der Waals surface area contributed by atoms with Gasteiger partial charge in [0.25, 0.3) is 0 Å². The van der Waals surface area contributed by atoms with Crippen LogP contribution in [0.4, 0.5) is 0 Å². The van der Waals surface area contributed by atoms with Crippen LogP contribution < -0.4 is 5.32 Å². The fourth-order valence-electron chi connectivity index (χ4n) is 2.04. The molecule has 0 saturated carbocycles. The van der Waals surface area contributed by atoms with Crippen LogP contribution >= 0.6 is 22.9 Å². The second kappa shape index (κ2) is 6.97. The molecule has 3 nitrogen and oxygen atoms in total. The summed E-state index contributed by atoms with van der Waals surface area (Å²) in [6, 6.07) is 2.58. The van der Waals surface area contributed by atoms with Gasteiger partial charge in [-0.15, -0.1) is 5.10 Å². The van der Waals surface area contributed by atoms with Gasteiger partial charge in [-0.3, -0.25) is 0 Å². The zero-order valence-electron chi connectivity index (χ0n) is 10.8. The van der Waals surface area contributed by atoms with Crippen molar-refractivity contribution in [3.63, 3.8) is 0 Å². The third-order valence-corrected chi connectivity index (χ3v) is 4.65. The van der Waals surface area contributed by atoms with Crippen LogP contribution in [-0.2, 0) is 12.8 Å². The summed E-state index contributed by atoms with van der Waals surface area (Å²) < 4.78 is 4.11. The summed E-state index contributed by atoms with van der Waals surface area (Å²) in [5, 5.41) is 12.0. The summed E-state index contributed by atoms with van der Waals surface area (Å²) in [6.07, 6.45) is 4.37. The van der Waals surface area contributed by atoms with E-state index in [1.807, 2.05) is 7.05 Å². The lowest BCUT2D eigenvalue weighted by molar-refractivity contribution is 0.551. The Hall–Kier alpha value is -0.780. The molecular weight excluding hydrogens is 262 g/mol. The molecule has 2 rings (SSSR count). The molecule has 0 saturated heterocycles. The average molecular weight is 281 g/mol. The predicted molar refractivity (Wildman–Crippen MR) is 78.3 cm³/mol. The van der Waals surface area contributed by atoms with Crippen molar-refractivity contribution >= 4 is 22.9 Å². The second-order valence-corrected chi connectivity index (χ2v) is 5.91. The maximum Gasteiger partial charge on any atom is 0.0803 e. The highest BCUT2D eigenvalue weighted by Crippen LogP contribution is 2.25. The van der Waals surface area contributed by atoms with Gasteiger partial charge in [-0.05, 0) is 60.2 Å². The molecule has 2 aromatic rings. The first-order valence-corrected chi connectivity index (χ1v) is 8.06. The van der Waals surface area contributed by atoms with Crippen molar-refractivity contribution < 1.29 is 0 Å². The van der Waals surface area contributed by atoms with Gasteiger partial charge in [0, 0.05) is 6.04 Å². The molecule has 0 aliphatic rings. The van der Waals surface area contributed by atoms with Crippen LogP contribution in [0.2, 0.25) is 0 Å². The van der Waals surface area contributed by atoms with Crippen LogP contribution in [0.15, 0.2) is 16.8 Å². The first-order chi connectivity index (χ1) is 8.85. The molecule has 0 aliphatic carbocycles. The molecule has 0 amide bonds. The number of rotatable bonds is 7. The molecule has 2 heterocycles. The summed E-state index contributed by atoms with van der Waals surface area (Å²) >= 11 is 3.30. The predicted octanol–water partition coefficient (Wildman–Crippen LogP) is 3.45. The lowest BCUT2D eigenvalue weighted by Gasteiger charge is -2.14.